The van der Waals surface area contributed by atoms with Crippen LogP contribution in [0.25, 0.3) is 16.7 Å². The molecule has 4 aromatic rings. The molecule has 0 bridgehead atoms. The van der Waals surface area contributed by atoms with Crippen LogP contribution in [0.1, 0.15) is 25.5 Å². The van der Waals surface area contributed by atoms with Gasteiger partial charge in [-0.1, -0.05) is 18.3 Å². The molecule has 0 saturated carbocycles. The van der Waals surface area contributed by atoms with Crippen LogP contribution in [0.5, 0.6) is 5.19 Å². The molecule has 7 nitrogen and oxygen atoms in total. The Balaban J connectivity index is 1.23. The number of hydrogen-bond donors (Lipinski definition) is 1. The van der Waals surface area contributed by atoms with E-state index in [2.05, 4.69) is 32.4 Å². The van der Waals surface area contributed by atoms with Crippen molar-refractivity contribution < 1.29 is 4.74 Å². The minimum Gasteiger partial charge on any atom is -0.467 e. The van der Waals surface area contributed by atoms with Gasteiger partial charge in [0.15, 0.2) is 5.82 Å². The van der Waals surface area contributed by atoms with Gasteiger partial charge in [0, 0.05) is 48.6 Å². The van der Waals surface area contributed by atoms with Gasteiger partial charge >= 0.3 is 0 Å². The highest BCUT2D eigenvalue weighted by Crippen LogP contribution is 2.28. The number of anilines is 2. The van der Waals surface area contributed by atoms with E-state index in [1.54, 1.807) is 0 Å². The van der Waals surface area contributed by atoms with Gasteiger partial charge in [-0.2, -0.15) is 4.98 Å². The SMILES string of the molecule is CCc1cnc(N2CCC(Oc3nc(-n4ccc5cc(N)ccc54)cs3)CC2)cn1. The number of nitrogens with zero attached hydrogens (tertiary/aromatic N) is 5. The van der Waals surface area contributed by atoms with E-state index in [0.29, 0.717) is 5.19 Å². The molecule has 3 aromatic heterocycles. The summed E-state index contributed by atoms with van der Waals surface area (Å²) in [4.78, 5) is 16.0. The van der Waals surface area contributed by atoms with Crippen LogP contribution in [0.3, 0.4) is 0 Å². The van der Waals surface area contributed by atoms with Crippen LogP contribution in [0, 0.1) is 0 Å². The molecule has 1 aromatic carbocycles. The summed E-state index contributed by atoms with van der Waals surface area (Å²) < 4.78 is 8.27. The van der Waals surface area contributed by atoms with Gasteiger partial charge in [0.1, 0.15) is 11.9 Å². The minimum atomic E-state index is 0.171. The second kappa shape index (κ2) is 7.95. The van der Waals surface area contributed by atoms with Gasteiger partial charge in [-0.3, -0.25) is 4.98 Å². The van der Waals surface area contributed by atoms with Crippen molar-refractivity contribution in [1.82, 2.24) is 19.5 Å². The molecule has 0 radical (unpaired) electrons. The van der Waals surface area contributed by atoms with Gasteiger partial charge in [0.2, 0.25) is 0 Å². The highest BCUT2D eigenvalue weighted by molar-refractivity contribution is 7.11. The van der Waals surface area contributed by atoms with Crippen molar-refractivity contribution in [3.63, 3.8) is 0 Å². The highest BCUT2D eigenvalue weighted by Gasteiger charge is 2.23. The van der Waals surface area contributed by atoms with Crippen LogP contribution in [-0.4, -0.2) is 38.7 Å². The first-order valence-corrected chi connectivity index (χ1v) is 11.1. The lowest BCUT2D eigenvalue weighted by molar-refractivity contribution is 0.170. The summed E-state index contributed by atoms with van der Waals surface area (Å²) in [5.74, 6) is 1.82. The van der Waals surface area contributed by atoms with Crippen molar-refractivity contribution >= 4 is 33.7 Å². The molecule has 0 aliphatic carbocycles. The summed E-state index contributed by atoms with van der Waals surface area (Å²) in [5, 5.41) is 3.85. The van der Waals surface area contributed by atoms with E-state index in [1.807, 2.05) is 42.2 Å². The Bertz CT molecular complexity index is 1140. The molecule has 2 N–H and O–H groups in total. The lowest BCUT2D eigenvalue weighted by Crippen LogP contribution is -2.38. The van der Waals surface area contributed by atoms with Crippen molar-refractivity contribution in [2.45, 2.75) is 32.3 Å². The first kappa shape index (κ1) is 18.9. The zero-order valence-electron chi connectivity index (χ0n) is 16.9. The van der Waals surface area contributed by atoms with Crippen LogP contribution in [0.2, 0.25) is 0 Å². The van der Waals surface area contributed by atoms with E-state index in [4.69, 9.17) is 15.5 Å². The van der Waals surface area contributed by atoms with E-state index in [9.17, 15) is 0 Å². The van der Waals surface area contributed by atoms with E-state index in [-0.39, 0.29) is 6.10 Å². The number of fused-ring (bicyclic) bond motifs is 1. The Morgan fingerprint density at radius 2 is 2.00 bits per heavy atom. The lowest BCUT2D eigenvalue weighted by Gasteiger charge is -2.32. The third-order valence-corrected chi connectivity index (χ3v) is 6.24. The molecule has 1 aliphatic rings. The molecule has 0 unspecified atom stereocenters. The average molecular weight is 421 g/mol. The summed E-state index contributed by atoms with van der Waals surface area (Å²) >= 11 is 1.54. The van der Waals surface area contributed by atoms with E-state index >= 15 is 0 Å². The number of thiazole rings is 1. The van der Waals surface area contributed by atoms with Crippen LogP contribution < -0.4 is 15.4 Å². The maximum Gasteiger partial charge on any atom is 0.275 e. The number of benzene rings is 1. The number of nitrogens with two attached hydrogens (primary N) is 1. The molecule has 1 saturated heterocycles. The van der Waals surface area contributed by atoms with Crippen molar-refractivity contribution in [2.24, 2.45) is 0 Å². The number of hydrogen-bond acceptors (Lipinski definition) is 7. The first-order chi connectivity index (χ1) is 14.7. The van der Waals surface area contributed by atoms with E-state index in [0.717, 1.165) is 66.3 Å². The van der Waals surface area contributed by atoms with Crippen LogP contribution in [0.15, 0.2) is 48.2 Å². The molecular weight excluding hydrogens is 396 g/mol. The zero-order valence-corrected chi connectivity index (χ0v) is 17.7. The Kier molecular flexibility index (Phi) is 5.00. The summed E-state index contributed by atoms with van der Waals surface area (Å²) in [6, 6.07) is 7.97. The monoisotopic (exact) mass is 420 g/mol. The second-order valence-electron chi connectivity index (χ2n) is 7.50. The third-order valence-electron chi connectivity index (χ3n) is 5.52. The topological polar surface area (TPSA) is 82.1 Å². The van der Waals surface area contributed by atoms with Gasteiger partial charge in [-0.15, -0.1) is 0 Å². The zero-order chi connectivity index (χ0) is 20.5. The fourth-order valence-corrected chi connectivity index (χ4v) is 4.52. The fraction of sp³-hybridized carbons (Fsp3) is 0.318. The molecule has 0 amide bonds. The Morgan fingerprint density at radius 1 is 1.13 bits per heavy atom. The molecule has 5 rings (SSSR count). The maximum atomic E-state index is 6.20. The second-order valence-corrected chi connectivity index (χ2v) is 8.32. The number of aryl methyl sites for hydroxylation is 1. The smallest absolute Gasteiger partial charge is 0.275 e. The molecule has 30 heavy (non-hydrogen) atoms. The summed E-state index contributed by atoms with van der Waals surface area (Å²) in [5.41, 5.74) is 8.76. The first-order valence-electron chi connectivity index (χ1n) is 10.2. The molecular formula is C22H24N6OS. The van der Waals surface area contributed by atoms with Gasteiger partial charge in [0.05, 0.1) is 23.6 Å². The standard InChI is InChI=1S/C22H24N6OS/c1-2-17-12-25-20(13-24-17)27-8-6-18(7-9-27)29-22-26-21(14-30-22)28-10-5-15-11-16(23)3-4-19(15)28/h3-5,10-14,18H,2,6-9,23H2,1H3. The van der Waals surface area contributed by atoms with Gasteiger partial charge < -0.3 is 19.9 Å². The van der Waals surface area contributed by atoms with Crippen molar-refractivity contribution in [1.29, 1.82) is 0 Å². The third kappa shape index (κ3) is 3.70. The predicted octanol–water partition coefficient (Wildman–Crippen LogP) is 4.07. The summed E-state index contributed by atoms with van der Waals surface area (Å²) in [6.45, 7) is 3.91. The Morgan fingerprint density at radius 3 is 2.77 bits per heavy atom. The van der Waals surface area contributed by atoms with Crippen LogP contribution in [-0.2, 0) is 6.42 Å². The molecule has 0 atom stereocenters. The Labute approximate surface area is 179 Å². The summed E-state index contributed by atoms with van der Waals surface area (Å²) in [6.07, 6.45) is 8.73. The number of rotatable bonds is 5. The molecule has 1 fully saturated rings. The number of nitrogen functional groups attached to an aromatic ring is 1. The van der Waals surface area contributed by atoms with Gasteiger partial charge in [0.25, 0.3) is 5.19 Å². The minimum absolute atomic E-state index is 0.171. The highest BCUT2D eigenvalue weighted by atomic mass is 32.1. The summed E-state index contributed by atoms with van der Waals surface area (Å²) in [7, 11) is 0. The average Bonchev–Trinajstić information content (AvgIpc) is 3.41. The molecule has 8 heteroatoms. The predicted molar refractivity (Wildman–Crippen MR) is 121 cm³/mol. The molecule has 4 heterocycles. The number of piperidine rings is 1. The molecule has 1 aliphatic heterocycles. The van der Waals surface area contributed by atoms with E-state index in [1.165, 1.54) is 11.3 Å². The quantitative estimate of drug-likeness (QED) is 0.490. The maximum absolute atomic E-state index is 6.20. The largest absolute Gasteiger partial charge is 0.467 e. The lowest BCUT2D eigenvalue weighted by atomic mass is 10.1. The van der Waals surface area contributed by atoms with Crippen LogP contribution in [0.4, 0.5) is 11.5 Å². The van der Waals surface area contributed by atoms with Crippen molar-refractivity contribution in [3.8, 4) is 11.0 Å². The van der Waals surface area contributed by atoms with Gasteiger partial charge in [-0.25, -0.2) is 4.98 Å². The Hall–Kier alpha value is -3.13. The van der Waals surface area contributed by atoms with Gasteiger partial charge in [-0.05, 0) is 30.7 Å². The van der Waals surface area contributed by atoms with Crippen LogP contribution >= 0.6 is 11.3 Å². The fourth-order valence-electron chi connectivity index (χ4n) is 3.81. The van der Waals surface area contributed by atoms with E-state index < -0.39 is 0 Å². The van der Waals surface area contributed by atoms with Crippen molar-refractivity contribution in [2.75, 3.05) is 23.7 Å². The molecule has 0 spiro atoms. The van der Waals surface area contributed by atoms with Crippen molar-refractivity contribution in [3.05, 3.63) is 53.9 Å². The normalized spacial score (nSPS) is 15.0. The molecule has 154 valence electrons. The number of aromatic nitrogens is 4. The number of ether oxygens (including phenoxy) is 1.